The molecule has 0 aromatic rings. The summed E-state index contributed by atoms with van der Waals surface area (Å²) in [6.45, 7) is 10.4. The quantitative estimate of drug-likeness (QED) is 0.149. The fourth-order valence-corrected chi connectivity index (χ4v) is 2.05. The first kappa shape index (κ1) is 20.9. The Hall–Kier alpha value is -1.08. The molecule has 0 aromatic carbocycles. The molecule has 0 fully saturated rings. The Morgan fingerprint density at radius 1 is 0.909 bits per heavy atom. The number of alkyl halides is 1. The Bertz CT molecular complexity index is 450. The number of carbonyl (C=O) groups excluding carboxylic acids is 1. The smallest absolute Gasteiger partial charge is 0.146 e. The standard InChI is InChI=1S/C20H31ClO/c1-16(2)20(15-22)13-12-18(4)10-6-8-17(3)9-7-11-19(5)14-21/h8,11-13,15-16H,6-7,9-10,14H2,1-5H3/b17-8+,18-12+,19-11+,20-13+. The Kier molecular flexibility index (Phi) is 11.9. The average Bonchev–Trinajstić information content (AvgIpc) is 2.47. The zero-order valence-electron chi connectivity index (χ0n) is 14.8. The van der Waals surface area contributed by atoms with E-state index in [1.807, 2.05) is 19.9 Å². The summed E-state index contributed by atoms with van der Waals surface area (Å²) in [6, 6.07) is 0. The zero-order chi connectivity index (χ0) is 17.0. The Morgan fingerprint density at radius 3 is 1.95 bits per heavy atom. The van der Waals surface area contributed by atoms with Gasteiger partial charge in [-0.1, -0.05) is 54.9 Å². The summed E-state index contributed by atoms with van der Waals surface area (Å²) < 4.78 is 0. The highest BCUT2D eigenvalue weighted by Crippen LogP contribution is 2.13. The average molecular weight is 323 g/mol. The number of halogens is 1. The molecule has 22 heavy (non-hydrogen) atoms. The highest BCUT2D eigenvalue weighted by Gasteiger charge is 1.99. The van der Waals surface area contributed by atoms with E-state index in [0.29, 0.717) is 5.88 Å². The molecular formula is C20H31ClO. The molecular weight excluding hydrogens is 292 g/mol. The van der Waals surface area contributed by atoms with E-state index in [0.717, 1.165) is 37.5 Å². The monoisotopic (exact) mass is 322 g/mol. The second-order valence-corrected chi connectivity index (χ2v) is 6.53. The molecule has 0 aliphatic heterocycles. The predicted octanol–water partition coefficient (Wildman–Crippen LogP) is 6.41. The number of rotatable bonds is 10. The topological polar surface area (TPSA) is 17.1 Å². The van der Waals surface area contributed by atoms with Crippen molar-refractivity contribution in [3.8, 4) is 0 Å². The number of carbonyl (C=O) groups is 1. The van der Waals surface area contributed by atoms with Gasteiger partial charge in [-0.2, -0.15) is 0 Å². The lowest BCUT2D eigenvalue weighted by atomic mass is 10.0. The molecule has 0 unspecified atom stereocenters. The van der Waals surface area contributed by atoms with Crippen LogP contribution in [0.2, 0.25) is 0 Å². The van der Waals surface area contributed by atoms with Gasteiger partial charge in [-0.05, 0) is 57.9 Å². The molecule has 0 saturated heterocycles. The second kappa shape index (κ2) is 12.5. The number of hydrogen-bond acceptors (Lipinski definition) is 1. The van der Waals surface area contributed by atoms with Crippen LogP contribution in [0.5, 0.6) is 0 Å². The first-order chi connectivity index (χ1) is 10.4. The van der Waals surface area contributed by atoms with E-state index in [2.05, 4.69) is 39.0 Å². The third-order valence-corrected chi connectivity index (χ3v) is 4.06. The lowest BCUT2D eigenvalue weighted by Gasteiger charge is -2.03. The van der Waals surface area contributed by atoms with E-state index in [1.54, 1.807) is 0 Å². The molecule has 0 bridgehead atoms. The van der Waals surface area contributed by atoms with Gasteiger partial charge in [0.1, 0.15) is 6.29 Å². The first-order valence-corrected chi connectivity index (χ1v) is 8.63. The predicted molar refractivity (Wildman–Crippen MR) is 99.4 cm³/mol. The Balaban J connectivity index is 4.27. The lowest BCUT2D eigenvalue weighted by Crippen LogP contribution is -1.94. The van der Waals surface area contributed by atoms with Crippen LogP contribution < -0.4 is 0 Å². The van der Waals surface area contributed by atoms with Crippen LogP contribution in [0.3, 0.4) is 0 Å². The van der Waals surface area contributed by atoms with Crippen LogP contribution in [-0.2, 0) is 4.79 Å². The minimum atomic E-state index is 0.285. The fraction of sp³-hybridized carbons (Fsp3) is 0.550. The molecule has 0 radical (unpaired) electrons. The molecule has 0 atom stereocenters. The fourth-order valence-electron chi connectivity index (χ4n) is 1.94. The van der Waals surface area contributed by atoms with Crippen molar-refractivity contribution in [2.75, 3.05) is 5.88 Å². The van der Waals surface area contributed by atoms with Gasteiger partial charge in [0.05, 0.1) is 0 Å². The molecule has 0 amide bonds. The van der Waals surface area contributed by atoms with Crippen LogP contribution in [0.15, 0.2) is 46.6 Å². The molecule has 0 saturated carbocycles. The summed E-state index contributed by atoms with van der Waals surface area (Å²) in [6.07, 6.45) is 13.8. The minimum Gasteiger partial charge on any atom is -0.298 e. The summed E-state index contributed by atoms with van der Waals surface area (Å²) in [5, 5.41) is 0. The summed E-state index contributed by atoms with van der Waals surface area (Å²) in [5.41, 5.74) is 4.84. The first-order valence-electron chi connectivity index (χ1n) is 8.10. The van der Waals surface area contributed by atoms with E-state index >= 15 is 0 Å². The molecule has 0 aliphatic carbocycles. The van der Waals surface area contributed by atoms with Gasteiger partial charge in [-0.3, -0.25) is 4.79 Å². The van der Waals surface area contributed by atoms with Gasteiger partial charge in [0.15, 0.2) is 0 Å². The molecule has 1 nitrogen and oxygen atoms in total. The van der Waals surface area contributed by atoms with E-state index in [1.165, 1.54) is 16.7 Å². The van der Waals surface area contributed by atoms with Crippen molar-refractivity contribution in [2.24, 2.45) is 5.92 Å². The Morgan fingerprint density at radius 2 is 1.45 bits per heavy atom. The highest BCUT2D eigenvalue weighted by molar-refractivity contribution is 6.19. The van der Waals surface area contributed by atoms with Crippen molar-refractivity contribution in [2.45, 2.75) is 60.3 Å². The van der Waals surface area contributed by atoms with Crippen molar-refractivity contribution in [3.63, 3.8) is 0 Å². The van der Waals surface area contributed by atoms with Crippen molar-refractivity contribution >= 4 is 17.9 Å². The van der Waals surface area contributed by atoms with Crippen molar-refractivity contribution < 1.29 is 4.79 Å². The molecule has 2 heteroatoms. The van der Waals surface area contributed by atoms with Crippen molar-refractivity contribution in [1.29, 1.82) is 0 Å². The molecule has 0 spiro atoms. The summed E-state index contributed by atoms with van der Waals surface area (Å²) in [5.74, 6) is 0.910. The lowest BCUT2D eigenvalue weighted by molar-refractivity contribution is -0.105. The van der Waals surface area contributed by atoms with E-state index in [4.69, 9.17) is 11.6 Å². The minimum absolute atomic E-state index is 0.285. The SMILES string of the molecule is C/C(=C\CC/C(C)=C/CC/C(C)=C/C=C(\C=O)C(C)C)CCl. The third kappa shape index (κ3) is 10.6. The highest BCUT2D eigenvalue weighted by atomic mass is 35.5. The van der Waals surface area contributed by atoms with Gasteiger partial charge in [-0.25, -0.2) is 0 Å². The van der Waals surface area contributed by atoms with Crippen molar-refractivity contribution in [3.05, 3.63) is 46.6 Å². The van der Waals surface area contributed by atoms with Crippen LogP contribution in [-0.4, -0.2) is 12.2 Å². The molecule has 0 aliphatic rings. The normalized spacial score (nSPS) is 14.7. The zero-order valence-corrected chi connectivity index (χ0v) is 15.5. The summed E-state index contributed by atoms with van der Waals surface area (Å²) in [7, 11) is 0. The van der Waals surface area contributed by atoms with Crippen LogP contribution >= 0.6 is 11.6 Å². The van der Waals surface area contributed by atoms with E-state index in [9.17, 15) is 4.79 Å². The van der Waals surface area contributed by atoms with Gasteiger partial charge in [0.25, 0.3) is 0 Å². The molecule has 0 aromatic heterocycles. The maximum atomic E-state index is 10.9. The molecule has 124 valence electrons. The maximum absolute atomic E-state index is 10.9. The maximum Gasteiger partial charge on any atom is 0.146 e. The summed E-state index contributed by atoms with van der Waals surface area (Å²) >= 11 is 5.75. The van der Waals surface area contributed by atoms with Crippen LogP contribution in [0.1, 0.15) is 60.3 Å². The molecule has 0 N–H and O–H groups in total. The summed E-state index contributed by atoms with van der Waals surface area (Å²) in [4.78, 5) is 10.9. The van der Waals surface area contributed by atoms with E-state index < -0.39 is 0 Å². The number of aldehydes is 1. The largest absolute Gasteiger partial charge is 0.298 e. The van der Waals surface area contributed by atoms with Gasteiger partial charge < -0.3 is 0 Å². The van der Waals surface area contributed by atoms with E-state index in [-0.39, 0.29) is 5.92 Å². The molecule has 0 rings (SSSR count). The Labute approximate surface area is 141 Å². The van der Waals surface area contributed by atoms with Crippen LogP contribution in [0.25, 0.3) is 0 Å². The van der Waals surface area contributed by atoms with Crippen molar-refractivity contribution in [1.82, 2.24) is 0 Å². The van der Waals surface area contributed by atoms with Gasteiger partial charge >= 0.3 is 0 Å². The molecule has 0 heterocycles. The van der Waals surface area contributed by atoms with Gasteiger partial charge in [0, 0.05) is 5.88 Å². The van der Waals surface area contributed by atoms with Crippen LogP contribution in [0.4, 0.5) is 0 Å². The van der Waals surface area contributed by atoms with Crippen LogP contribution in [0, 0.1) is 5.92 Å². The number of allylic oxidation sites excluding steroid dienone is 8. The van der Waals surface area contributed by atoms with Gasteiger partial charge in [-0.15, -0.1) is 11.6 Å². The second-order valence-electron chi connectivity index (χ2n) is 6.26. The third-order valence-electron chi connectivity index (χ3n) is 3.64. The number of hydrogen-bond donors (Lipinski definition) is 0. The van der Waals surface area contributed by atoms with Gasteiger partial charge in [0.2, 0.25) is 0 Å².